The molecule has 0 aliphatic rings. The molecule has 5 nitrogen and oxygen atoms in total. The molecular weight excluding hydrogens is 260 g/mol. The van der Waals surface area contributed by atoms with Crippen LogP contribution in [0.2, 0.25) is 0 Å². The minimum absolute atomic E-state index is 0.327. The van der Waals surface area contributed by atoms with Crippen molar-refractivity contribution in [3.8, 4) is 17.2 Å². The molecule has 2 rings (SSSR count). The Hall–Kier alpha value is -2.43. The molecule has 0 amide bonds. The molecule has 0 atom stereocenters. The third-order valence-electron chi connectivity index (χ3n) is 3.06. The van der Waals surface area contributed by atoms with Gasteiger partial charge in [0.25, 0.3) is 0 Å². The molecule has 0 aromatic heterocycles. The minimum atomic E-state index is -0.794. The van der Waals surface area contributed by atoms with Crippen LogP contribution < -0.4 is 14.2 Å². The van der Waals surface area contributed by atoms with Gasteiger partial charge in [-0.1, -0.05) is 24.3 Å². The summed E-state index contributed by atoms with van der Waals surface area (Å²) in [6.45, 7) is 1.84. The van der Waals surface area contributed by atoms with Crippen LogP contribution in [0.5, 0.6) is 17.2 Å². The highest BCUT2D eigenvalue weighted by Gasteiger charge is 2.21. The normalized spacial score (nSPS) is 10.2. The number of carbonyl (C=O) groups excluding carboxylic acids is 1. The van der Waals surface area contributed by atoms with E-state index in [1.807, 2.05) is 31.2 Å². The third kappa shape index (κ3) is 2.22. The zero-order chi connectivity index (χ0) is 14.7. The van der Waals surface area contributed by atoms with E-state index in [0.717, 1.165) is 16.3 Å². The molecule has 0 heterocycles. The molecule has 0 aliphatic heterocycles. The summed E-state index contributed by atoms with van der Waals surface area (Å²) in [5.74, 6) is 1.47. The van der Waals surface area contributed by atoms with Crippen LogP contribution in [0.3, 0.4) is 0 Å². The van der Waals surface area contributed by atoms with Crippen molar-refractivity contribution in [2.75, 3.05) is 21.3 Å². The summed E-state index contributed by atoms with van der Waals surface area (Å²) in [4.78, 5) is 11.4. The maximum atomic E-state index is 11.4. The lowest BCUT2D eigenvalue weighted by atomic mass is 10.0. The van der Waals surface area contributed by atoms with E-state index in [4.69, 9.17) is 14.2 Å². The smallest absolute Gasteiger partial charge is 0.496 e. The summed E-state index contributed by atoms with van der Waals surface area (Å²) in [7, 11) is 4.36. The van der Waals surface area contributed by atoms with Crippen molar-refractivity contribution >= 4 is 16.9 Å². The summed E-state index contributed by atoms with van der Waals surface area (Å²) in [5, 5.41) is 1.56. The molecule has 0 bridgehead atoms. The highest BCUT2D eigenvalue weighted by molar-refractivity contribution is 5.98. The Labute approximate surface area is 117 Å². The van der Waals surface area contributed by atoms with Crippen molar-refractivity contribution in [3.05, 3.63) is 29.8 Å². The second-order valence-corrected chi connectivity index (χ2v) is 4.12. The molecule has 106 valence electrons. The Balaban J connectivity index is 2.79. The summed E-state index contributed by atoms with van der Waals surface area (Å²) in [6.07, 6.45) is -0.794. The SMILES string of the molecule is COC(=O)Oc1c(OC)c(C)c(OC)c2ccccc12. The average Bonchev–Trinajstić information content (AvgIpc) is 2.47. The Morgan fingerprint density at radius 2 is 1.45 bits per heavy atom. The first-order chi connectivity index (χ1) is 9.63. The standard InChI is InChI=1S/C15H16O5/c1-9-12(17-2)10-7-5-6-8-11(10)14(13(9)18-3)20-15(16)19-4/h5-8H,1-4H3. The van der Waals surface area contributed by atoms with E-state index in [-0.39, 0.29) is 0 Å². The van der Waals surface area contributed by atoms with Crippen LogP contribution in [-0.2, 0) is 4.74 Å². The molecule has 0 unspecified atom stereocenters. The van der Waals surface area contributed by atoms with E-state index in [0.29, 0.717) is 17.2 Å². The first-order valence-electron chi connectivity index (χ1n) is 6.03. The molecule has 0 saturated carbocycles. The monoisotopic (exact) mass is 276 g/mol. The molecule has 2 aromatic carbocycles. The summed E-state index contributed by atoms with van der Waals surface area (Å²) < 4.78 is 20.6. The van der Waals surface area contributed by atoms with Crippen molar-refractivity contribution in [1.82, 2.24) is 0 Å². The van der Waals surface area contributed by atoms with Gasteiger partial charge in [-0.25, -0.2) is 4.79 Å². The van der Waals surface area contributed by atoms with Crippen molar-refractivity contribution < 1.29 is 23.7 Å². The molecule has 20 heavy (non-hydrogen) atoms. The number of methoxy groups -OCH3 is 3. The van der Waals surface area contributed by atoms with Gasteiger partial charge in [-0.15, -0.1) is 0 Å². The number of rotatable bonds is 3. The predicted octanol–water partition coefficient (Wildman–Crippen LogP) is 3.31. The number of ether oxygens (including phenoxy) is 4. The molecule has 0 radical (unpaired) electrons. The number of hydrogen-bond acceptors (Lipinski definition) is 5. The zero-order valence-electron chi connectivity index (χ0n) is 11.9. The van der Waals surface area contributed by atoms with E-state index >= 15 is 0 Å². The van der Waals surface area contributed by atoms with E-state index in [1.54, 1.807) is 7.11 Å². The fourth-order valence-corrected chi connectivity index (χ4v) is 2.21. The lowest BCUT2D eigenvalue weighted by molar-refractivity contribution is 0.120. The maximum absolute atomic E-state index is 11.4. The molecular formula is C15H16O5. The number of carbonyl (C=O) groups is 1. The van der Waals surface area contributed by atoms with Crippen LogP contribution in [0, 0.1) is 6.92 Å². The van der Waals surface area contributed by atoms with Crippen LogP contribution in [-0.4, -0.2) is 27.5 Å². The molecule has 0 spiro atoms. The second kappa shape index (κ2) is 5.69. The van der Waals surface area contributed by atoms with E-state index in [1.165, 1.54) is 14.2 Å². The molecule has 2 aromatic rings. The molecule has 0 N–H and O–H groups in total. The minimum Gasteiger partial charge on any atom is -0.496 e. The van der Waals surface area contributed by atoms with Crippen LogP contribution in [0.1, 0.15) is 5.56 Å². The van der Waals surface area contributed by atoms with Gasteiger partial charge in [0.1, 0.15) is 5.75 Å². The number of benzene rings is 2. The highest BCUT2D eigenvalue weighted by Crippen LogP contribution is 2.45. The molecule has 0 saturated heterocycles. The van der Waals surface area contributed by atoms with Gasteiger partial charge in [-0.2, -0.15) is 0 Å². The predicted molar refractivity (Wildman–Crippen MR) is 74.8 cm³/mol. The Kier molecular flexibility index (Phi) is 3.98. The van der Waals surface area contributed by atoms with Gasteiger partial charge in [0.15, 0.2) is 11.5 Å². The fourth-order valence-electron chi connectivity index (χ4n) is 2.21. The van der Waals surface area contributed by atoms with Gasteiger partial charge in [0, 0.05) is 16.3 Å². The fraction of sp³-hybridized carbons (Fsp3) is 0.267. The van der Waals surface area contributed by atoms with Gasteiger partial charge in [0.05, 0.1) is 21.3 Å². The van der Waals surface area contributed by atoms with Crippen LogP contribution >= 0.6 is 0 Å². The van der Waals surface area contributed by atoms with Gasteiger partial charge in [-0.05, 0) is 6.92 Å². The topological polar surface area (TPSA) is 54.0 Å². The first-order valence-corrected chi connectivity index (χ1v) is 6.03. The first kappa shape index (κ1) is 14.0. The largest absolute Gasteiger partial charge is 0.513 e. The van der Waals surface area contributed by atoms with Crippen molar-refractivity contribution in [3.63, 3.8) is 0 Å². The van der Waals surface area contributed by atoms with Gasteiger partial charge < -0.3 is 18.9 Å². The lowest BCUT2D eigenvalue weighted by Crippen LogP contribution is -2.09. The third-order valence-corrected chi connectivity index (χ3v) is 3.06. The van der Waals surface area contributed by atoms with Gasteiger partial charge in [0.2, 0.25) is 0 Å². The van der Waals surface area contributed by atoms with Crippen LogP contribution in [0.4, 0.5) is 4.79 Å². The summed E-state index contributed by atoms with van der Waals surface area (Å²) in [5.41, 5.74) is 0.757. The van der Waals surface area contributed by atoms with E-state index in [9.17, 15) is 4.79 Å². The van der Waals surface area contributed by atoms with Gasteiger partial charge in [-0.3, -0.25) is 0 Å². The van der Waals surface area contributed by atoms with E-state index < -0.39 is 6.16 Å². The Morgan fingerprint density at radius 1 is 0.900 bits per heavy atom. The Bertz CT molecular complexity index is 648. The van der Waals surface area contributed by atoms with Crippen LogP contribution in [0.15, 0.2) is 24.3 Å². The summed E-state index contributed by atoms with van der Waals surface area (Å²) >= 11 is 0. The lowest BCUT2D eigenvalue weighted by Gasteiger charge is -2.17. The zero-order valence-corrected chi connectivity index (χ0v) is 11.9. The number of fused-ring (bicyclic) bond motifs is 1. The summed E-state index contributed by atoms with van der Waals surface area (Å²) in [6, 6.07) is 7.46. The number of hydrogen-bond donors (Lipinski definition) is 0. The van der Waals surface area contributed by atoms with Crippen molar-refractivity contribution in [2.24, 2.45) is 0 Å². The van der Waals surface area contributed by atoms with Gasteiger partial charge >= 0.3 is 6.16 Å². The Morgan fingerprint density at radius 3 is 1.95 bits per heavy atom. The molecule has 0 aliphatic carbocycles. The molecule has 5 heteroatoms. The van der Waals surface area contributed by atoms with Crippen LogP contribution in [0.25, 0.3) is 10.8 Å². The van der Waals surface area contributed by atoms with E-state index in [2.05, 4.69) is 4.74 Å². The van der Waals surface area contributed by atoms with Crippen molar-refractivity contribution in [2.45, 2.75) is 6.92 Å². The maximum Gasteiger partial charge on any atom is 0.513 e. The highest BCUT2D eigenvalue weighted by atomic mass is 16.7. The van der Waals surface area contributed by atoms with Crippen molar-refractivity contribution in [1.29, 1.82) is 0 Å². The molecule has 0 fully saturated rings. The average molecular weight is 276 g/mol. The second-order valence-electron chi connectivity index (χ2n) is 4.12. The quantitative estimate of drug-likeness (QED) is 0.636.